The molecule has 0 saturated carbocycles. The third-order valence-electron chi connectivity index (χ3n) is 3.76. The smallest absolute Gasteiger partial charge is 0.200 e. The van der Waals surface area contributed by atoms with Gasteiger partial charge in [0.1, 0.15) is 0 Å². The molecule has 2 rings (SSSR count). The lowest BCUT2D eigenvalue weighted by molar-refractivity contribution is 0.0965. The lowest BCUT2D eigenvalue weighted by Gasteiger charge is -2.16. The molecule has 0 atom stereocenters. The summed E-state index contributed by atoms with van der Waals surface area (Å²) in [5.41, 5.74) is 2.10. The number of pyridine rings is 1. The molecule has 0 radical (unpaired) electrons. The van der Waals surface area contributed by atoms with Gasteiger partial charge in [-0.05, 0) is 36.0 Å². The van der Waals surface area contributed by atoms with Crippen LogP contribution in [0.5, 0.6) is 0 Å². The molecule has 1 heterocycles. The van der Waals surface area contributed by atoms with Crippen molar-refractivity contribution in [1.29, 1.82) is 0 Å². The third-order valence-corrected chi connectivity index (χ3v) is 3.76. The molecule has 2 aromatic rings. The summed E-state index contributed by atoms with van der Waals surface area (Å²) >= 11 is 0. The van der Waals surface area contributed by atoms with Crippen molar-refractivity contribution in [2.45, 2.75) is 47.0 Å². The van der Waals surface area contributed by atoms with Crippen molar-refractivity contribution in [3.05, 3.63) is 45.7 Å². The van der Waals surface area contributed by atoms with Gasteiger partial charge in [-0.15, -0.1) is 0 Å². The fourth-order valence-electron chi connectivity index (χ4n) is 2.32. The molecule has 0 aliphatic carbocycles. The van der Waals surface area contributed by atoms with E-state index in [4.69, 9.17) is 0 Å². The Morgan fingerprint density at radius 1 is 1.24 bits per heavy atom. The van der Waals surface area contributed by atoms with Crippen LogP contribution in [0, 0.1) is 5.41 Å². The number of Topliss-reactive ketones (excluding diaryl/α,β-unsaturated/α-hetero) is 1. The second-order valence-corrected chi connectivity index (χ2v) is 6.75. The van der Waals surface area contributed by atoms with E-state index in [2.05, 4.69) is 25.8 Å². The molecule has 0 aliphatic rings. The lowest BCUT2D eigenvalue weighted by atomic mass is 9.88. The number of fused-ring (bicyclic) bond motifs is 1. The van der Waals surface area contributed by atoms with Gasteiger partial charge in [0.2, 0.25) is 0 Å². The number of hydrogen-bond donors (Lipinski definition) is 1. The summed E-state index contributed by atoms with van der Waals surface area (Å²) in [5, 5.41) is 0.607. The minimum atomic E-state index is -0.155. The Morgan fingerprint density at radius 3 is 2.57 bits per heavy atom. The molecule has 0 fully saturated rings. The van der Waals surface area contributed by atoms with Gasteiger partial charge in [-0.2, -0.15) is 0 Å². The summed E-state index contributed by atoms with van der Waals surface area (Å²) in [6, 6.07) is 5.78. The van der Waals surface area contributed by atoms with E-state index in [9.17, 15) is 9.59 Å². The summed E-state index contributed by atoms with van der Waals surface area (Å²) < 4.78 is 0. The Bertz CT molecular complexity index is 720. The monoisotopic (exact) mass is 285 g/mol. The molecule has 21 heavy (non-hydrogen) atoms. The number of carbonyl (C=O) groups excluding carboxylic acids is 1. The maximum absolute atomic E-state index is 12.5. The standard InChI is InChI=1S/C18H23NO2/c1-5-12-6-7-15-13(10-12)17(21)14(11-19-15)16(20)8-9-18(2,3)4/h6-7,10-11H,5,8-9H2,1-4H3,(H,19,21). The van der Waals surface area contributed by atoms with Crippen LogP contribution in [0.1, 0.15) is 56.5 Å². The summed E-state index contributed by atoms with van der Waals surface area (Å²) in [7, 11) is 0. The summed E-state index contributed by atoms with van der Waals surface area (Å²) in [5.74, 6) is -0.0741. The number of nitrogens with one attached hydrogen (secondary N) is 1. The van der Waals surface area contributed by atoms with Gasteiger partial charge >= 0.3 is 0 Å². The van der Waals surface area contributed by atoms with Crippen LogP contribution >= 0.6 is 0 Å². The van der Waals surface area contributed by atoms with E-state index in [0.717, 1.165) is 23.9 Å². The predicted molar refractivity (Wildman–Crippen MR) is 87.0 cm³/mol. The van der Waals surface area contributed by atoms with Crippen molar-refractivity contribution in [2.75, 3.05) is 0 Å². The zero-order valence-electron chi connectivity index (χ0n) is 13.2. The van der Waals surface area contributed by atoms with Crippen LogP contribution in [0.4, 0.5) is 0 Å². The van der Waals surface area contributed by atoms with Crippen LogP contribution in [-0.4, -0.2) is 10.8 Å². The van der Waals surface area contributed by atoms with Crippen molar-refractivity contribution in [1.82, 2.24) is 4.98 Å². The third kappa shape index (κ3) is 3.60. The van der Waals surface area contributed by atoms with E-state index < -0.39 is 0 Å². The highest BCUT2D eigenvalue weighted by molar-refractivity contribution is 5.98. The number of rotatable bonds is 4. The molecule has 0 amide bonds. The van der Waals surface area contributed by atoms with Crippen molar-refractivity contribution in [3.63, 3.8) is 0 Å². The molecular weight excluding hydrogens is 262 g/mol. The van der Waals surface area contributed by atoms with E-state index in [1.807, 2.05) is 25.1 Å². The zero-order chi connectivity index (χ0) is 15.6. The Balaban J connectivity index is 2.39. The average Bonchev–Trinajstić information content (AvgIpc) is 2.44. The lowest BCUT2D eigenvalue weighted by Crippen LogP contribution is -2.18. The molecular formula is C18H23NO2. The number of ketones is 1. The number of benzene rings is 1. The molecule has 112 valence electrons. The van der Waals surface area contributed by atoms with Gasteiger partial charge in [-0.1, -0.05) is 33.8 Å². The molecule has 3 heteroatoms. The number of H-pyrrole nitrogens is 1. The first-order valence-corrected chi connectivity index (χ1v) is 7.49. The van der Waals surface area contributed by atoms with Gasteiger partial charge in [-0.25, -0.2) is 0 Å². The highest BCUT2D eigenvalue weighted by Gasteiger charge is 2.17. The molecule has 0 saturated heterocycles. The molecule has 0 unspecified atom stereocenters. The quantitative estimate of drug-likeness (QED) is 0.860. The van der Waals surface area contributed by atoms with Crippen LogP contribution in [0.2, 0.25) is 0 Å². The Hall–Kier alpha value is -1.90. The fourth-order valence-corrected chi connectivity index (χ4v) is 2.32. The van der Waals surface area contributed by atoms with Gasteiger partial charge in [0.15, 0.2) is 11.2 Å². The van der Waals surface area contributed by atoms with Crippen molar-refractivity contribution in [2.24, 2.45) is 5.41 Å². The maximum Gasteiger partial charge on any atom is 0.200 e. The number of aryl methyl sites for hydroxylation is 1. The molecule has 1 aromatic carbocycles. The van der Waals surface area contributed by atoms with E-state index >= 15 is 0 Å². The number of hydrogen-bond acceptors (Lipinski definition) is 2. The van der Waals surface area contributed by atoms with Gasteiger partial charge in [0.25, 0.3) is 0 Å². The van der Waals surface area contributed by atoms with Crippen LogP contribution in [0.25, 0.3) is 10.9 Å². The van der Waals surface area contributed by atoms with Crippen molar-refractivity contribution >= 4 is 16.7 Å². The van der Waals surface area contributed by atoms with Gasteiger partial charge in [0.05, 0.1) is 5.56 Å². The Kier molecular flexibility index (Phi) is 4.31. The van der Waals surface area contributed by atoms with Crippen molar-refractivity contribution < 1.29 is 4.79 Å². The minimum Gasteiger partial charge on any atom is -0.360 e. The first-order valence-electron chi connectivity index (χ1n) is 7.49. The van der Waals surface area contributed by atoms with Crippen LogP contribution in [0.3, 0.4) is 0 Å². The highest BCUT2D eigenvalue weighted by atomic mass is 16.1. The second-order valence-electron chi connectivity index (χ2n) is 6.75. The van der Waals surface area contributed by atoms with E-state index in [-0.39, 0.29) is 22.2 Å². The molecule has 1 N–H and O–H groups in total. The molecule has 1 aromatic heterocycles. The SMILES string of the molecule is CCc1ccc2[nH]cc(C(=O)CCC(C)(C)C)c(=O)c2c1. The predicted octanol–water partition coefficient (Wildman–Crippen LogP) is 4.10. The maximum atomic E-state index is 12.5. The number of carbonyl (C=O) groups is 1. The Labute approximate surface area is 125 Å². The number of aromatic amines is 1. The van der Waals surface area contributed by atoms with Crippen LogP contribution in [-0.2, 0) is 6.42 Å². The minimum absolute atomic E-state index is 0.0741. The van der Waals surface area contributed by atoms with Crippen molar-refractivity contribution in [3.8, 4) is 0 Å². The van der Waals surface area contributed by atoms with Gasteiger partial charge in [0, 0.05) is 23.5 Å². The number of aromatic nitrogens is 1. The molecule has 0 aliphatic heterocycles. The topological polar surface area (TPSA) is 49.9 Å². The van der Waals surface area contributed by atoms with Gasteiger partial charge in [-0.3, -0.25) is 9.59 Å². The first-order chi connectivity index (χ1) is 9.81. The molecule has 3 nitrogen and oxygen atoms in total. The summed E-state index contributed by atoms with van der Waals surface area (Å²) in [4.78, 5) is 27.9. The molecule has 0 spiro atoms. The zero-order valence-corrected chi connectivity index (χ0v) is 13.2. The summed E-state index contributed by atoms with van der Waals surface area (Å²) in [6.45, 7) is 8.34. The average molecular weight is 285 g/mol. The summed E-state index contributed by atoms with van der Waals surface area (Å²) in [6.07, 6.45) is 3.61. The largest absolute Gasteiger partial charge is 0.360 e. The van der Waals surface area contributed by atoms with E-state index in [0.29, 0.717) is 11.8 Å². The fraction of sp³-hybridized carbons (Fsp3) is 0.444. The first kappa shape index (κ1) is 15.5. The van der Waals surface area contributed by atoms with E-state index in [1.165, 1.54) is 0 Å². The normalized spacial score (nSPS) is 11.8. The Morgan fingerprint density at radius 2 is 1.95 bits per heavy atom. The second kappa shape index (κ2) is 5.84. The van der Waals surface area contributed by atoms with Gasteiger partial charge < -0.3 is 4.98 Å². The van der Waals surface area contributed by atoms with E-state index in [1.54, 1.807) is 6.20 Å². The highest BCUT2D eigenvalue weighted by Crippen LogP contribution is 2.21. The van der Waals surface area contributed by atoms with Crippen LogP contribution < -0.4 is 5.43 Å². The molecule has 0 bridgehead atoms. The van der Waals surface area contributed by atoms with Crippen LogP contribution in [0.15, 0.2) is 29.2 Å².